The number of rotatable bonds is 4. The molecule has 1 aromatic heterocycles. The summed E-state index contributed by atoms with van der Waals surface area (Å²) < 4.78 is 0. The minimum atomic E-state index is 0.166. The molecule has 0 aliphatic heterocycles. The van der Waals surface area contributed by atoms with Crippen LogP contribution in [0.5, 0.6) is 0 Å². The number of hydrogen-bond donors (Lipinski definition) is 3. The van der Waals surface area contributed by atoms with Crippen LogP contribution in [0.1, 0.15) is 43.4 Å². The maximum atomic E-state index is 12.7. The standard InChI is InChI=1S/C21H29N3O/c1-13-17(18-7-2-3-8-19(18)24-13)9-10-23-21(25)16-11-14-5-4-6-15(12-16)20(14)22/h2-3,7-8,14-16,20,24H,4-6,9-12,22H2,1H3,(H,23,25). The van der Waals surface area contributed by atoms with Gasteiger partial charge >= 0.3 is 0 Å². The molecule has 2 aromatic rings. The Morgan fingerprint density at radius 1 is 1.24 bits per heavy atom. The first-order valence-electron chi connectivity index (χ1n) is 9.73. The van der Waals surface area contributed by atoms with Crippen molar-refractivity contribution >= 4 is 16.8 Å². The molecule has 2 atom stereocenters. The van der Waals surface area contributed by atoms with Crippen molar-refractivity contribution in [2.24, 2.45) is 23.5 Å². The lowest BCUT2D eigenvalue weighted by Crippen LogP contribution is -2.49. The van der Waals surface area contributed by atoms with Crippen LogP contribution >= 0.6 is 0 Å². The lowest BCUT2D eigenvalue weighted by atomic mass is 9.65. The number of nitrogens with one attached hydrogen (secondary N) is 2. The van der Waals surface area contributed by atoms with Crippen molar-refractivity contribution in [2.45, 2.75) is 51.5 Å². The number of benzene rings is 1. The fourth-order valence-corrected chi connectivity index (χ4v) is 5.12. The van der Waals surface area contributed by atoms with Gasteiger partial charge in [0.05, 0.1) is 0 Å². The summed E-state index contributed by atoms with van der Waals surface area (Å²) in [5.74, 6) is 1.51. The van der Waals surface area contributed by atoms with Crippen LogP contribution in [0.25, 0.3) is 10.9 Å². The fourth-order valence-electron chi connectivity index (χ4n) is 5.12. The first-order chi connectivity index (χ1) is 12.1. The summed E-state index contributed by atoms with van der Waals surface area (Å²) in [6.45, 7) is 2.82. The molecule has 1 heterocycles. The number of hydrogen-bond acceptors (Lipinski definition) is 2. The molecule has 4 nitrogen and oxygen atoms in total. The highest BCUT2D eigenvalue weighted by Gasteiger charge is 2.40. The van der Waals surface area contributed by atoms with E-state index in [1.54, 1.807) is 0 Å². The van der Waals surface area contributed by atoms with Gasteiger partial charge in [-0.05, 0) is 62.5 Å². The highest BCUT2D eigenvalue weighted by molar-refractivity contribution is 5.84. The molecule has 2 fully saturated rings. The molecule has 134 valence electrons. The van der Waals surface area contributed by atoms with Crippen LogP contribution in [-0.4, -0.2) is 23.5 Å². The number of amides is 1. The average Bonchev–Trinajstić information content (AvgIpc) is 2.90. The molecule has 2 saturated carbocycles. The van der Waals surface area contributed by atoms with Gasteiger partial charge in [0.2, 0.25) is 5.91 Å². The molecule has 4 N–H and O–H groups in total. The third kappa shape index (κ3) is 3.20. The zero-order valence-corrected chi connectivity index (χ0v) is 15.1. The van der Waals surface area contributed by atoms with E-state index in [9.17, 15) is 4.79 Å². The molecule has 0 spiro atoms. The minimum Gasteiger partial charge on any atom is -0.358 e. The maximum Gasteiger partial charge on any atom is 0.223 e. The molecule has 2 bridgehead atoms. The fraction of sp³-hybridized carbons (Fsp3) is 0.571. The molecule has 2 aliphatic rings. The van der Waals surface area contributed by atoms with E-state index >= 15 is 0 Å². The van der Waals surface area contributed by atoms with E-state index in [2.05, 4.69) is 41.5 Å². The summed E-state index contributed by atoms with van der Waals surface area (Å²) in [6, 6.07) is 8.70. The Labute approximate surface area is 149 Å². The number of aryl methyl sites for hydroxylation is 1. The van der Waals surface area contributed by atoms with Crippen molar-refractivity contribution in [2.75, 3.05) is 6.54 Å². The maximum absolute atomic E-state index is 12.7. The van der Waals surface area contributed by atoms with Crippen LogP contribution in [0.2, 0.25) is 0 Å². The molecule has 1 aromatic carbocycles. The first-order valence-corrected chi connectivity index (χ1v) is 9.73. The van der Waals surface area contributed by atoms with Crippen molar-refractivity contribution in [1.82, 2.24) is 10.3 Å². The molecule has 4 rings (SSSR count). The van der Waals surface area contributed by atoms with Crippen LogP contribution in [0.4, 0.5) is 0 Å². The van der Waals surface area contributed by atoms with Crippen molar-refractivity contribution in [3.8, 4) is 0 Å². The van der Waals surface area contributed by atoms with Crippen LogP contribution < -0.4 is 11.1 Å². The van der Waals surface area contributed by atoms with E-state index in [1.165, 1.54) is 41.4 Å². The van der Waals surface area contributed by atoms with Gasteiger partial charge in [-0.25, -0.2) is 0 Å². The molecule has 1 amide bonds. The smallest absolute Gasteiger partial charge is 0.223 e. The van der Waals surface area contributed by atoms with Crippen molar-refractivity contribution in [1.29, 1.82) is 0 Å². The monoisotopic (exact) mass is 339 g/mol. The minimum absolute atomic E-state index is 0.166. The van der Waals surface area contributed by atoms with Gasteiger partial charge in [0, 0.05) is 35.1 Å². The summed E-state index contributed by atoms with van der Waals surface area (Å²) in [6.07, 6.45) is 6.54. The van der Waals surface area contributed by atoms with Gasteiger partial charge in [-0.15, -0.1) is 0 Å². The summed E-state index contributed by atoms with van der Waals surface area (Å²) in [4.78, 5) is 16.1. The normalized spacial score (nSPS) is 28.9. The second-order valence-electron chi connectivity index (χ2n) is 8.01. The zero-order chi connectivity index (χ0) is 17.4. The Morgan fingerprint density at radius 2 is 1.96 bits per heavy atom. The number of carbonyl (C=O) groups excluding carboxylic acids is 1. The largest absolute Gasteiger partial charge is 0.358 e. The third-order valence-electron chi connectivity index (χ3n) is 6.49. The number of aromatic nitrogens is 1. The highest BCUT2D eigenvalue weighted by atomic mass is 16.1. The molecule has 2 unspecified atom stereocenters. The Bertz CT molecular complexity index is 752. The molecule has 25 heavy (non-hydrogen) atoms. The van der Waals surface area contributed by atoms with Crippen molar-refractivity contribution in [3.05, 3.63) is 35.5 Å². The lowest BCUT2D eigenvalue weighted by molar-refractivity contribution is -0.127. The number of nitrogens with two attached hydrogens (primary N) is 1. The van der Waals surface area contributed by atoms with Gasteiger partial charge in [-0.1, -0.05) is 24.6 Å². The van der Waals surface area contributed by atoms with Gasteiger partial charge in [0.1, 0.15) is 0 Å². The van der Waals surface area contributed by atoms with E-state index in [0.717, 1.165) is 19.3 Å². The number of para-hydroxylation sites is 1. The summed E-state index contributed by atoms with van der Waals surface area (Å²) in [5.41, 5.74) is 10.0. The number of carbonyl (C=O) groups is 1. The third-order valence-corrected chi connectivity index (χ3v) is 6.49. The van der Waals surface area contributed by atoms with E-state index < -0.39 is 0 Å². The topological polar surface area (TPSA) is 70.9 Å². The SMILES string of the molecule is Cc1[nH]c2ccccc2c1CCNC(=O)C1CC2CCCC(C1)C2N. The van der Waals surface area contributed by atoms with Gasteiger partial charge in [0.15, 0.2) is 0 Å². The van der Waals surface area contributed by atoms with Gasteiger partial charge in [0.25, 0.3) is 0 Å². The van der Waals surface area contributed by atoms with Crippen LogP contribution in [0, 0.1) is 24.7 Å². The Hall–Kier alpha value is -1.81. The Balaban J connectivity index is 1.35. The van der Waals surface area contributed by atoms with Crippen molar-refractivity contribution in [3.63, 3.8) is 0 Å². The van der Waals surface area contributed by atoms with E-state index in [4.69, 9.17) is 5.73 Å². The van der Waals surface area contributed by atoms with Gasteiger partial charge < -0.3 is 16.0 Å². The molecular weight excluding hydrogens is 310 g/mol. The second kappa shape index (κ2) is 6.83. The molecular formula is C21H29N3O. The predicted molar refractivity (Wildman–Crippen MR) is 101 cm³/mol. The summed E-state index contributed by atoms with van der Waals surface area (Å²) in [5, 5.41) is 4.46. The van der Waals surface area contributed by atoms with E-state index in [1.807, 2.05) is 0 Å². The molecule has 0 saturated heterocycles. The number of H-pyrrole nitrogens is 1. The number of fused-ring (bicyclic) bond motifs is 3. The lowest BCUT2D eigenvalue weighted by Gasteiger charge is -2.43. The van der Waals surface area contributed by atoms with Crippen LogP contribution in [0.15, 0.2) is 24.3 Å². The highest BCUT2D eigenvalue weighted by Crippen LogP contribution is 2.41. The summed E-state index contributed by atoms with van der Waals surface area (Å²) >= 11 is 0. The molecule has 2 aliphatic carbocycles. The number of aromatic amines is 1. The molecule has 4 heteroatoms. The van der Waals surface area contributed by atoms with Crippen molar-refractivity contribution < 1.29 is 4.79 Å². The van der Waals surface area contributed by atoms with Crippen LogP contribution in [0.3, 0.4) is 0 Å². The van der Waals surface area contributed by atoms with E-state index in [0.29, 0.717) is 24.4 Å². The Kier molecular flexibility index (Phi) is 4.55. The zero-order valence-electron chi connectivity index (χ0n) is 15.1. The first kappa shape index (κ1) is 16.6. The van der Waals surface area contributed by atoms with Crippen LogP contribution in [-0.2, 0) is 11.2 Å². The predicted octanol–water partition coefficient (Wildman–Crippen LogP) is 3.29. The van der Waals surface area contributed by atoms with Gasteiger partial charge in [-0.2, -0.15) is 0 Å². The summed E-state index contributed by atoms with van der Waals surface area (Å²) in [7, 11) is 0. The quantitative estimate of drug-likeness (QED) is 0.800. The van der Waals surface area contributed by atoms with E-state index in [-0.39, 0.29) is 11.8 Å². The van der Waals surface area contributed by atoms with Gasteiger partial charge in [-0.3, -0.25) is 4.79 Å². The molecule has 0 radical (unpaired) electrons. The Morgan fingerprint density at radius 3 is 2.72 bits per heavy atom. The average molecular weight is 339 g/mol. The second-order valence-corrected chi connectivity index (χ2v) is 8.01.